The molecule has 0 unspecified atom stereocenters. The van der Waals surface area contributed by atoms with Crippen molar-refractivity contribution in [2.45, 2.75) is 20.4 Å². The van der Waals surface area contributed by atoms with Gasteiger partial charge in [0, 0.05) is 11.4 Å². The van der Waals surface area contributed by atoms with Gasteiger partial charge in [-0.25, -0.2) is 4.79 Å². The van der Waals surface area contributed by atoms with E-state index in [9.17, 15) is 4.79 Å². The van der Waals surface area contributed by atoms with E-state index >= 15 is 0 Å². The fraction of sp³-hybridized carbons (Fsp3) is 0.308. The first-order valence-corrected chi connectivity index (χ1v) is 6.20. The number of nitrogens with zero attached hydrogens (tertiary/aromatic N) is 2. The molecular formula is C13H16N4O3. The number of carbonyl (C=O) groups excluding carboxylic acids is 1. The quantitative estimate of drug-likeness (QED) is 0.633. The third kappa shape index (κ3) is 3.25. The molecule has 0 aliphatic rings. The molecule has 20 heavy (non-hydrogen) atoms. The third-order valence-corrected chi connectivity index (χ3v) is 2.54. The average Bonchev–Trinajstić information content (AvgIpc) is 2.83. The largest absolute Gasteiger partial charge is 0.462 e. The van der Waals surface area contributed by atoms with Crippen LogP contribution in [0.4, 0.5) is 11.4 Å². The summed E-state index contributed by atoms with van der Waals surface area (Å²) < 4.78 is 9.99. The first-order valence-electron chi connectivity index (χ1n) is 6.20. The Morgan fingerprint density at radius 1 is 1.50 bits per heavy atom. The molecule has 0 radical (unpaired) electrons. The molecule has 1 heterocycles. The Morgan fingerprint density at radius 3 is 2.95 bits per heavy atom. The molecule has 0 amide bonds. The lowest BCUT2D eigenvalue weighted by molar-refractivity contribution is 0.0527. The number of anilines is 2. The van der Waals surface area contributed by atoms with Crippen LogP contribution in [0.5, 0.6) is 0 Å². The third-order valence-electron chi connectivity index (χ3n) is 2.54. The summed E-state index contributed by atoms with van der Waals surface area (Å²) in [4.78, 5) is 15.9. The molecule has 106 valence electrons. The van der Waals surface area contributed by atoms with E-state index < -0.39 is 5.97 Å². The molecule has 0 fully saturated rings. The van der Waals surface area contributed by atoms with Crippen molar-refractivity contribution in [3.05, 3.63) is 35.5 Å². The maximum absolute atomic E-state index is 11.9. The van der Waals surface area contributed by atoms with E-state index in [0.29, 0.717) is 41.8 Å². The predicted octanol–water partition coefficient (Wildman–Crippen LogP) is 1.75. The summed E-state index contributed by atoms with van der Waals surface area (Å²) in [5.41, 5.74) is 7.17. The molecule has 1 aromatic heterocycles. The molecule has 0 aliphatic carbocycles. The van der Waals surface area contributed by atoms with Gasteiger partial charge in [0.1, 0.15) is 0 Å². The van der Waals surface area contributed by atoms with Crippen LogP contribution in [0.1, 0.15) is 29.0 Å². The number of nitrogens with one attached hydrogen (secondary N) is 1. The smallest absolute Gasteiger partial charge is 0.340 e. The van der Waals surface area contributed by atoms with Gasteiger partial charge in [0.15, 0.2) is 5.82 Å². The maximum atomic E-state index is 11.9. The highest BCUT2D eigenvalue weighted by atomic mass is 16.5. The summed E-state index contributed by atoms with van der Waals surface area (Å²) in [6.07, 6.45) is 0. The van der Waals surface area contributed by atoms with Gasteiger partial charge in [0.05, 0.1) is 18.7 Å². The monoisotopic (exact) mass is 276 g/mol. The van der Waals surface area contributed by atoms with Crippen LogP contribution >= 0.6 is 0 Å². The Kier molecular flexibility index (Phi) is 4.19. The summed E-state index contributed by atoms with van der Waals surface area (Å²) in [6.45, 7) is 4.10. The highest BCUT2D eigenvalue weighted by Gasteiger charge is 2.13. The van der Waals surface area contributed by atoms with Crippen molar-refractivity contribution in [3.8, 4) is 0 Å². The number of ether oxygens (including phenoxy) is 1. The maximum Gasteiger partial charge on any atom is 0.340 e. The van der Waals surface area contributed by atoms with E-state index in [0.717, 1.165) is 0 Å². The number of hydrogen-bond donors (Lipinski definition) is 2. The number of aryl methyl sites for hydroxylation is 1. The minimum absolute atomic E-state index is 0.302. The van der Waals surface area contributed by atoms with Crippen LogP contribution in [0, 0.1) is 6.92 Å². The molecule has 0 saturated carbocycles. The fourth-order valence-corrected chi connectivity index (χ4v) is 1.68. The summed E-state index contributed by atoms with van der Waals surface area (Å²) >= 11 is 0. The second-order valence-electron chi connectivity index (χ2n) is 4.11. The molecule has 7 nitrogen and oxygen atoms in total. The van der Waals surface area contributed by atoms with Gasteiger partial charge in [-0.1, -0.05) is 5.16 Å². The molecule has 2 rings (SSSR count). The van der Waals surface area contributed by atoms with Crippen molar-refractivity contribution in [1.29, 1.82) is 0 Å². The molecule has 0 saturated heterocycles. The highest BCUT2D eigenvalue weighted by molar-refractivity contribution is 5.96. The Balaban J connectivity index is 2.16. The lowest BCUT2D eigenvalue weighted by atomic mass is 10.1. The van der Waals surface area contributed by atoms with E-state index in [1.807, 2.05) is 0 Å². The standard InChI is InChI=1S/C13H16N4O3/c1-3-19-13(18)10-6-9(14)4-5-11(10)15-7-12-16-8(2)17-20-12/h4-6,15H,3,7,14H2,1-2H3. The number of rotatable bonds is 5. The lowest BCUT2D eigenvalue weighted by Gasteiger charge is -2.10. The minimum atomic E-state index is -0.427. The lowest BCUT2D eigenvalue weighted by Crippen LogP contribution is -2.10. The fourth-order valence-electron chi connectivity index (χ4n) is 1.68. The Morgan fingerprint density at radius 2 is 2.30 bits per heavy atom. The van der Waals surface area contributed by atoms with Gasteiger partial charge in [0.25, 0.3) is 0 Å². The van der Waals surface area contributed by atoms with Crippen LogP contribution in [0.3, 0.4) is 0 Å². The van der Waals surface area contributed by atoms with Crippen molar-refractivity contribution in [2.24, 2.45) is 0 Å². The first-order chi connectivity index (χ1) is 9.60. The van der Waals surface area contributed by atoms with Gasteiger partial charge in [0.2, 0.25) is 5.89 Å². The van der Waals surface area contributed by atoms with Crippen LogP contribution < -0.4 is 11.1 Å². The van der Waals surface area contributed by atoms with Crippen molar-refractivity contribution in [3.63, 3.8) is 0 Å². The summed E-state index contributed by atoms with van der Waals surface area (Å²) in [6, 6.07) is 4.98. The van der Waals surface area contributed by atoms with E-state index in [-0.39, 0.29) is 0 Å². The number of nitrogen functional groups attached to an aromatic ring is 1. The summed E-state index contributed by atoms with van der Waals surface area (Å²) in [5, 5.41) is 6.75. The first kappa shape index (κ1) is 13.9. The number of aromatic nitrogens is 2. The van der Waals surface area contributed by atoms with Crippen molar-refractivity contribution >= 4 is 17.3 Å². The average molecular weight is 276 g/mol. The summed E-state index contributed by atoms with van der Waals surface area (Å²) in [7, 11) is 0. The van der Waals surface area contributed by atoms with E-state index in [1.165, 1.54) is 0 Å². The summed E-state index contributed by atoms with van der Waals surface area (Å²) in [5.74, 6) is 0.572. The van der Waals surface area contributed by atoms with E-state index in [2.05, 4.69) is 15.5 Å². The van der Waals surface area contributed by atoms with Crippen molar-refractivity contribution < 1.29 is 14.1 Å². The molecule has 1 aromatic carbocycles. The van der Waals surface area contributed by atoms with Gasteiger partial charge in [-0.3, -0.25) is 0 Å². The van der Waals surface area contributed by atoms with Crippen LogP contribution in [-0.2, 0) is 11.3 Å². The van der Waals surface area contributed by atoms with Crippen LogP contribution in [-0.4, -0.2) is 22.7 Å². The van der Waals surface area contributed by atoms with Gasteiger partial charge < -0.3 is 20.3 Å². The zero-order valence-electron chi connectivity index (χ0n) is 11.3. The Hall–Kier alpha value is -2.57. The van der Waals surface area contributed by atoms with E-state index in [1.54, 1.807) is 32.0 Å². The number of benzene rings is 1. The van der Waals surface area contributed by atoms with Crippen LogP contribution in [0.15, 0.2) is 22.7 Å². The molecule has 0 bridgehead atoms. The SMILES string of the molecule is CCOC(=O)c1cc(N)ccc1NCc1nc(C)no1. The molecule has 0 atom stereocenters. The van der Waals surface area contributed by atoms with Crippen LogP contribution in [0.2, 0.25) is 0 Å². The van der Waals surface area contributed by atoms with Crippen molar-refractivity contribution in [1.82, 2.24) is 10.1 Å². The number of nitrogens with two attached hydrogens (primary N) is 1. The van der Waals surface area contributed by atoms with Gasteiger partial charge in [-0.2, -0.15) is 4.98 Å². The Bertz CT molecular complexity index is 609. The topological polar surface area (TPSA) is 103 Å². The van der Waals surface area contributed by atoms with Gasteiger partial charge in [-0.15, -0.1) is 0 Å². The molecule has 3 N–H and O–H groups in total. The predicted molar refractivity (Wildman–Crippen MR) is 73.2 cm³/mol. The van der Waals surface area contributed by atoms with Crippen molar-refractivity contribution in [2.75, 3.05) is 17.7 Å². The van der Waals surface area contributed by atoms with E-state index in [4.69, 9.17) is 15.0 Å². The highest BCUT2D eigenvalue weighted by Crippen LogP contribution is 2.20. The number of carbonyl (C=O) groups is 1. The minimum Gasteiger partial charge on any atom is -0.462 e. The van der Waals surface area contributed by atoms with Gasteiger partial charge >= 0.3 is 5.97 Å². The number of esters is 1. The second kappa shape index (κ2) is 6.05. The molecule has 7 heteroatoms. The zero-order chi connectivity index (χ0) is 14.5. The zero-order valence-corrected chi connectivity index (χ0v) is 11.3. The normalized spacial score (nSPS) is 10.3. The molecular weight excluding hydrogens is 260 g/mol. The van der Waals surface area contributed by atoms with Crippen LogP contribution in [0.25, 0.3) is 0 Å². The molecule has 0 aliphatic heterocycles. The number of hydrogen-bond acceptors (Lipinski definition) is 7. The second-order valence-corrected chi connectivity index (χ2v) is 4.11. The van der Waals surface area contributed by atoms with Gasteiger partial charge in [-0.05, 0) is 32.0 Å². The molecule has 2 aromatic rings. The Labute approximate surface area is 116 Å². The molecule has 0 spiro atoms.